The molecule has 0 radical (unpaired) electrons. The number of hydrogen-bond donors (Lipinski definition) is 1. The normalized spacial score (nSPS) is 36.8. The van der Waals surface area contributed by atoms with Crippen LogP contribution < -0.4 is 5.73 Å². The molecule has 102 valence electrons. The van der Waals surface area contributed by atoms with Crippen LogP contribution in [0.4, 0.5) is 0 Å². The van der Waals surface area contributed by atoms with Gasteiger partial charge < -0.3 is 15.4 Å². The van der Waals surface area contributed by atoms with E-state index in [1.807, 2.05) is 0 Å². The largest absolute Gasteiger partial charge is 0.385 e. The van der Waals surface area contributed by atoms with Gasteiger partial charge in [0, 0.05) is 32.8 Å². The van der Waals surface area contributed by atoms with Crippen molar-refractivity contribution in [3.63, 3.8) is 0 Å². The zero-order valence-electron chi connectivity index (χ0n) is 11.2. The zero-order valence-corrected chi connectivity index (χ0v) is 11.2. The predicted molar refractivity (Wildman–Crippen MR) is 68.9 cm³/mol. The maximum atomic E-state index is 12.6. The Balaban J connectivity index is 1.61. The van der Waals surface area contributed by atoms with Gasteiger partial charge in [-0.1, -0.05) is 0 Å². The van der Waals surface area contributed by atoms with Crippen LogP contribution in [0, 0.1) is 17.3 Å². The van der Waals surface area contributed by atoms with Gasteiger partial charge >= 0.3 is 0 Å². The smallest absolute Gasteiger partial charge is 0.228 e. The molecule has 0 bridgehead atoms. The number of fused-ring (bicyclic) bond motifs is 1. The number of carbonyl (C=O) groups is 1. The Bertz CT molecular complexity index is 341. The molecule has 2 N–H and O–H groups in total. The molecular formula is C14H24N2O2. The van der Waals surface area contributed by atoms with Crippen LogP contribution in [0.5, 0.6) is 0 Å². The summed E-state index contributed by atoms with van der Waals surface area (Å²) in [4.78, 5) is 14.7. The van der Waals surface area contributed by atoms with E-state index in [0.717, 1.165) is 38.8 Å². The molecule has 3 unspecified atom stereocenters. The number of methoxy groups -OCH3 is 1. The Kier molecular flexibility index (Phi) is 3.10. The molecule has 1 amide bonds. The molecule has 18 heavy (non-hydrogen) atoms. The fraction of sp³-hybridized carbons (Fsp3) is 0.929. The van der Waals surface area contributed by atoms with Crippen LogP contribution in [0.2, 0.25) is 0 Å². The van der Waals surface area contributed by atoms with Crippen molar-refractivity contribution in [3.8, 4) is 0 Å². The second-order valence-electron chi connectivity index (χ2n) is 6.40. The molecule has 3 atom stereocenters. The average Bonchev–Trinajstić information content (AvgIpc) is 2.91. The fourth-order valence-corrected chi connectivity index (χ4v) is 3.83. The summed E-state index contributed by atoms with van der Waals surface area (Å²) in [5.74, 6) is 1.61. The Hall–Kier alpha value is -0.610. The number of amides is 1. The molecule has 0 spiro atoms. The van der Waals surface area contributed by atoms with Crippen molar-refractivity contribution in [2.24, 2.45) is 23.0 Å². The van der Waals surface area contributed by atoms with Crippen LogP contribution in [-0.2, 0) is 9.53 Å². The van der Waals surface area contributed by atoms with Gasteiger partial charge in [0.25, 0.3) is 0 Å². The lowest BCUT2D eigenvalue weighted by Gasteiger charge is -2.24. The van der Waals surface area contributed by atoms with Gasteiger partial charge in [-0.25, -0.2) is 0 Å². The lowest BCUT2D eigenvalue weighted by atomic mass is 9.98. The van der Waals surface area contributed by atoms with E-state index >= 15 is 0 Å². The minimum Gasteiger partial charge on any atom is -0.385 e. The molecule has 3 aliphatic rings. The van der Waals surface area contributed by atoms with Crippen molar-refractivity contribution >= 4 is 5.91 Å². The second kappa shape index (κ2) is 4.49. The molecule has 0 aromatic carbocycles. The van der Waals surface area contributed by atoms with E-state index < -0.39 is 0 Å². The molecule has 1 aliphatic heterocycles. The second-order valence-corrected chi connectivity index (χ2v) is 6.40. The lowest BCUT2D eigenvalue weighted by Crippen LogP contribution is -2.38. The maximum Gasteiger partial charge on any atom is 0.228 e. The van der Waals surface area contributed by atoms with E-state index in [2.05, 4.69) is 4.90 Å². The van der Waals surface area contributed by atoms with Gasteiger partial charge in [-0.15, -0.1) is 0 Å². The molecule has 2 aliphatic carbocycles. The molecule has 4 nitrogen and oxygen atoms in total. The first-order valence-electron chi connectivity index (χ1n) is 7.20. The molecule has 2 saturated carbocycles. The Morgan fingerprint density at radius 3 is 2.78 bits per heavy atom. The Labute approximate surface area is 109 Å². The maximum absolute atomic E-state index is 12.6. The molecular weight excluding hydrogens is 228 g/mol. The highest BCUT2D eigenvalue weighted by atomic mass is 16.5. The number of rotatable bonds is 4. The molecule has 1 heterocycles. The fourth-order valence-electron chi connectivity index (χ4n) is 3.83. The summed E-state index contributed by atoms with van der Waals surface area (Å²) in [5.41, 5.74) is 6.06. The third-order valence-electron chi connectivity index (χ3n) is 5.29. The first-order chi connectivity index (χ1) is 8.66. The standard InChI is InChI=1S/C14H24N2O2/c1-18-7-6-14(4-5-14)13(17)16-8-10-2-3-12(15)11(10)9-16/h10-12H,2-9,15H2,1H3. The minimum atomic E-state index is -0.0707. The predicted octanol–water partition coefficient (Wildman–Crippen LogP) is 0.999. The van der Waals surface area contributed by atoms with E-state index in [1.54, 1.807) is 7.11 Å². The number of hydrogen-bond acceptors (Lipinski definition) is 3. The van der Waals surface area contributed by atoms with Crippen LogP contribution in [0.3, 0.4) is 0 Å². The highest BCUT2D eigenvalue weighted by Crippen LogP contribution is 2.51. The van der Waals surface area contributed by atoms with Crippen molar-refractivity contribution in [1.82, 2.24) is 4.90 Å². The summed E-state index contributed by atoms with van der Waals surface area (Å²) in [6.45, 7) is 2.55. The highest BCUT2D eigenvalue weighted by molar-refractivity contribution is 5.85. The molecule has 1 saturated heterocycles. The summed E-state index contributed by atoms with van der Waals surface area (Å²) in [7, 11) is 1.71. The summed E-state index contributed by atoms with van der Waals surface area (Å²) in [5, 5.41) is 0. The monoisotopic (exact) mass is 252 g/mol. The zero-order chi connectivity index (χ0) is 12.8. The van der Waals surface area contributed by atoms with Crippen molar-refractivity contribution in [1.29, 1.82) is 0 Å². The molecule has 3 fully saturated rings. The average molecular weight is 252 g/mol. The van der Waals surface area contributed by atoms with E-state index in [0.29, 0.717) is 30.4 Å². The summed E-state index contributed by atoms with van der Waals surface area (Å²) < 4.78 is 5.13. The number of carbonyl (C=O) groups excluding carboxylic acids is 1. The van der Waals surface area contributed by atoms with Crippen molar-refractivity contribution in [3.05, 3.63) is 0 Å². The van der Waals surface area contributed by atoms with E-state index in [9.17, 15) is 4.79 Å². The Morgan fingerprint density at radius 1 is 1.39 bits per heavy atom. The number of ether oxygens (including phenoxy) is 1. The Morgan fingerprint density at radius 2 is 2.17 bits per heavy atom. The van der Waals surface area contributed by atoms with Crippen LogP contribution in [0.1, 0.15) is 32.1 Å². The van der Waals surface area contributed by atoms with Gasteiger partial charge in [-0.3, -0.25) is 4.79 Å². The van der Waals surface area contributed by atoms with Crippen LogP contribution in [-0.4, -0.2) is 43.7 Å². The van der Waals surface area contributed by atoms with Crippen molar-refractivity contribution in [2.75, 3.05) is 26.8 Å². The van der Waals surface area contributed by atoms with Crippen molar-refractivity contribution in [2.45, 2.75) is 38.1 Å². The lowest BCUT2D eigenvalue weighted by molar-refractivity contribution is -0.137. The van der Waals surface area contributed by atoms with Crippen LogP contribution in [0.25, 0.3) is 0 Å². The van der Waals surface area contributed by atoms with Crippen molar-refractivity contribution < 1.29 is 9.53 Å². The first kappa shape index (κ1) is 12.4. The summed E-state index contributed by atoms with van der Waals surface area (Å²) >= 11 is 0. The first-order valence-corrected chi connectivity index (χ1v) is 7.20. The van der Waals surface area contributed by atoms with Gasteiger partial charge in [0.05, 0.1) is 5.41 Å². The van der Waals surface area contributed by atoms with Gasteiger partial charge in [-0.05, 0) is 43.9 Å². The van der Waals surface area contributed by atoms with E-state index in [4.69, 9.17) is 10.5 Å². The molecule has 0 aromatic rings. The molecule has 3 rings (SSSR count). The minimum absolute atomic E-state index is 0.0707. The van der Waals surface area contributed by atoms with E-state index in [-0.39, 0.29) is 5.41 Å². The van der Waals surface area contributed by atoms with Crippen LogP contribution in [0.15, 0.2) is 0 Å². The van der Waals surface area contributed by atoms with Gasteiger partial charge in [0.15, 0.2) is 0 Å². The van der Waals surface area contributed by atoms with Crippen LogP contribution >= 0.6 is 0 Å². The number of likely N-dealkylation sites (tertiary alicyclic amines) is 1. The third kappa shape index (κ3) is 1.95. The summed E-state index contributed by atoms with van der Waals surface area (Å²) in [6.07, 6.45) is 5.34. The quantitative estimate of drug-likeness (QED) is 0.812. The SMILES string of the molecule is COCCC1(C(=O)N2CC3CCC(N)C3C2)CC1. The highest BCUT2D eigenvalue weighted by Gasteiger charge is 2.53. The van der Waals surface area contributed by atoms with Gasteiger partial charge in [0.2, 0.25) is 5.91 Å². The molecule has 4 heteroatoms. The third-order valence-corrected chi connectivity index (χ3v) is 5.29. The summed E-state index contributed by atoms with van der Waals surface area (Å²) in [6, 6.07) is 0.321. The molecule has 0 aromatic heterocycles. The topological polar surface area (TPSA) is 55.6 Å². The van der Waals surface area contributed by atoms with Gasteiger partial charge in [0.1, 0.15) is 0 Å². The number of nitrogens with two attached hydrogens (primary N) is 1. The van der Waals surface area contributed by atoms with Gasteiger partial charge in [-0.2, -0.15) is 0 Å². The number of nitrogens with zero attached hydrogens (tertiary/aromatic N) is 1. The van der Waals surface area contributed by atoms with E-state index in [1.165, 1.54) is 6.42 Å².